The molecule has 2 aromatic carbocycles. The second-order valence-electron chi connectivity index (χ2n) is 8.48. The minimum absolute atomic E-state index is 0.0125. The SMILES string of the molecule is C/C=C/C(C)=O.CC.CC.CCCC.O=C1CCC(N2C(=O)c3ccccc3C2=O)C(=O)N1OCc1ccccc1. The van der Waals surface area contributed by atoms with Crippen LogP contribution in [0.4, 0.5) is 0 Å². The number of allylic oxidation sites excluding steroid dienone is 2. The van der Waals surface area contributed by atoms with Gasteiger partial charge in [0.2, 0.25) is 0 Å². The second kappa shape index (κ2) is 20.9. The number of ketones is 1. The van der Waals surface area contributed by atoms with Crippen molar-refractivity contribution in [2.45, 2.75) is 93.7 Å². The van der Waals surface area contributed by atoms with E-state index in [0.29, 0.717) is 5.06 Å². The molecule has 0 aromatic heterocycles. The quantitative estimate of drug-likeness (QED) is 0.277. The van der Waals surface area contributed by atoms with Gasteiger partial charge in [-0.05, 0) is 44.0 Å². The number of amides is 4. The molecule has 8 nitrogen and oxygen atoms in total. The van der Waals surface area contributed by atoms with Gasteiger partial charge in [0.25, 0.3) is 23.6 Å². The fourth-order valence-corrected chi connectivity index (χ4v) is 3.56. The summed E-state index contributed by atoms with van der Waals surface area (Å²) >= 11 is 0. The number of carbonyl (C=O) groups is 5. The molecule has 0 N–H and O–H groups in total. The standard InChI is InChI=1S/C20H16N2O5.C5H8O.C4H10.2C2H6/c23-17-11-10-16(20(26)22(17)27-12-13-6-2-1-3-7-13)21-18(24)14-8-4-5-9-15(14)19(21)25;1-3-4-5(2)6;1-3-4-2;2*1-2/h1-9,16H,10-12H2;3-4H,1-2H3;3-4H2,1-2H3;2*1-2H3/b;4-3+;;;. The zero-order chi connectivity index (χ0) is 31.4. The van der Waals surface area contributed by atoms with Crippen molar-refractivity contribution in [3.63, 3.8) is 0 Å². The highest BCUT2D eigenvalue weighted by atomic mass is 16.7. The van der Waals surface area contributed by atoms with Crippen molar-refractivity contribution in [1.82, 2.24) is 9.96 Å². The molecule has 2 heterocycles. The Morgan fingerprint density at radius 2 is 1.34 bits per heavy atom. The Morgan fingerprint density at radius 3 is 1.76 bits per heavy atom. The van der Waals surface area contributed by atoms with E-state index in [9.17, 15) is 24.0 Å². The normalized spacial score (nSPS) is 15.4. The number of carbonyl (C=O) groups excluding carboxylic acids is 5. The Balaban J connectivity index is 0.000000967. The third-order valence-electron chi connectivity index (χ3n) is 5.59. The minimum atomic E-state index is -1.05. The van der Waals surface area contributed by atoms with E-state index < -0.39 is 29.7 Å². The Bertz CT molecular complexity index is 1110. The lowest BCUT2D eigenvalue weighted by Gasteiger charge is -2.33. The molecule has 8 heteroatoms. The minimum Gasteiger partial charge on any atom is -0.295 e. The monoisotopic (exact) mass is 566 g/mol. The van der Waals surface area contributed by atoms with Crippen LogP contribution in [0.15, 0.2) is 66.7 Å². The Labute approximate surface area is 245 Å². The van der Waals surface area contributed by atoms with Crippen LogP contribution in [-0.2, 0) is 25.8 Å². The summed E-state index contributed by atoms with van der Waals surface area (Å²) in [4.78, 5) is 66.6. The van der Waals surface area contributed by atoms with E-state index >= 15 is 0 Å². The van der Waals surface area contributed by atoms with E-state index in [-0.39, 0.29) is 36.4 Å². The summed E-state index contributed by atoms with van der Waals surface area (Å²) in [5.41, 5.74) is 1.33. The van der Waals surface area contributed by atoms with E-state index in [2.05, 4.69) is 13.8 Å². The van der Waals surface area contributed by atoms with Crippen molar-refractivity contribution >= 4 is 29.4 Å². The number of hydrogen-bond acceptors (Lipinski definition) is 6. The van der Waals surface area contributed by atoms with E-state index in [1.165, 1.54) is 25.8 Å². The zero-order valence-electron chi connectivity index (χ0n) is 25.8. The van der Waals surface area contributed by atoms with Crippen LogP contribution >= 0.6 is 0 Å². The largest absolute Gasteiger partial charge is 0.295 e. The average molecular weight is 567 g/mol. The van der Waals surface area contributed by atoms with Crippen LogP contribution in [0.3, 0.4) is 0 Å². The second-order valence-corrected chi connectivity index (χ2v) is 8.48. The average Bonchev–Trinajstić information content (AvgIpc) is 3.25. The van der Waals surface area contributed by atoms with Gasteiger partial charge in [0.15, 0.2) is 5.78 Å². The van der Waals surface area contributed by atoms with E-state index in [1.807, 2.05) is 52.8 Å². The molecular formula is C33H46N2O6. The van der Waals surface area contributed by atoms with E-state index in [4.69, 9.17) is 4.84 Å². The van der Waals surface area contributed by atoms with Crippen LogP contribution in [0.25, 0.3) is 0 Å². The van der Waals surface area contributed by atoms with Crippen LogP contribution in [0.2, 0.25) is 0 Å². The van der Waals surface area contributed by atoms with Crippen LogP contribution in [0.1, 0.15) is 107 Å². The van der Waals surface area contributed by atoms with Crippen LogP contribution in [0, 0.1) is 0 Å². The summed E-state index contributed by atoms with van der Waals surface area (Å²) in [6, 6.07) is 14.5. The number of imide groups is 2. The molecule has 2 aromatic rings. The van der Waals surface area contributed by atoms with Gasteiger partial charge in [-0.25, -0.2) is 0 Å². The number of rotatable bonds is 6. The third kappa shape index (κ3) is 11.2. The highest BCUT2D eigenvalue weighted by molar-refractivity contribution is 6.23. The van der Waals surface area contributed by atoms with Crippen LogP contribution < -0.4 is 0 Å². The van der Waals surface area contributed by atoms with Gasteiger partial charge < -0.3 is 0 Å². The fourth-order valence-electron chi connectivity index (χ4n) is 3.56. The van der Waals surface area contributed by atoms with Crippen molar-refractivity contribution in [2.24, 2.45) is 0 Å². The molecule has 0 spiro atoms. The molecule has 41 heavy (non-hydrogen) atoms. The molecule has 2 aliphatic heterocycles. The van der Waals surface area contributed by atoms with Gasteiger partial charge in [-0.15, -0.1) is 0 Å². The smallest absolute Gasteiger partial charge is 0.276 e. The van der Waals surface area contributed by atoms with Gasteiger partial charge in [0.05, 0.1) is 11.1 Å². The first kappa shape index (κ1) is 37.1. The third-order valence-corrected chi connectivity index (χ3v) is 5.59. The van der Waals surface area contributed by atoms with Crippen molar-refractivity contribution in [2.75, 3.05) is 0 Å². The first-order valence-electron chi connectivity index (χ1n) is 14.4. The molecule has 1 saturated heterocycles. The number of unbranched alkanes of at least 4 members (excludes halogenated alkanes) is 1. The fraction of sp³-hybridized carbons (Fsp3) is 0.424. The van der Waals surface area contributed by atoms with Gasteiger partial charge in [-0.3, -0.25) is 33.7 Å². The van der Waals surface area contributed by atoms with Crippen molar-refractivity contribution < 1.29 is 28.8 Å². The predicted molar refractivity (Wildman–Crippen MR) is 162 cm³/mol. The summed E-state index contributed by atoms with van der Waals surface area (Å²) in [6.45, 7) is 15.7. The zero-order valence-corrected chi connectivity index (χ0v) is 25.8. The predicted octanol–water partition coefficient (Wildman–Crippen LogP) is 6.94. The van der Waals surface area contributed by atoms with Crippen molar-refractivity contribution in [1.29, 1.82) is 0 Å². The lowest BCUT2D eigenvalue weighted by Crippen LogP contribution is -2.55. The summed E-state index contributed by atoms with van der Waals surface area (Å²) in [5.74, 6) is -2.12. The molecular weight excluding hydrogens is 520 g/mol. The molecule has 1 unspecified atom stereocenters. The number of benzene rings is 2. The number of piperidine rings is 1. The van der Waals surface area contributed by atoms with Gasteiger partial charge in [0.1, 0.15) is 12.6 Å². The number of fused-ring (bicyclic) bond motifs is 1. The molecule has 0 aliphatic carbocycles. The lowest BCUT2D eigenvalue weighted by atomic mass is 10.0. The molecule has 4 amide bonds. The molecule has 2 aliphatic rings. The van der Waals surface area contributed by atoms with Crippen LogP contribution in [-0.4, -0.2) is 45.4 Å². The molecule has 4 rings (SSSR count). The van der Waals surface area contributed by atoms with Crippen LogP contribution in [0.5, 0.6) is 0 Å². The maximum atomic E-state index is 12.8. The number of hydroxylamine groups is 2. The van der Waals surface area contributed by atoms with E-state index in [0.717, 1.165) is 10.5 Å². The van der Waals surface area contributed by atoms with Gasteiger partial charge >= 0.3 is 0 Å². The summed E-state index contributed by atoms with van der Waals surface area (Å²) in [5, 5.41) is 0.685. The molecule has 1 fully saturated rings. The maximum absolute atomic E-state index is 12.8. The number of nitrogens with zero attached hydrogens (tertiary/aromatic N) is 2. The topological polar surface area (TPSA) is 101 Å². The lowest BCUT2D eigenvalue weighted by molar-refractivity contribution is -0.206. The first-order valence-corrected chi connectivity index (χ1v) is 14.4. The summed E-state index contributed by atoms with van der Waals surface area (Å²) < 4.78 is 0. The van der Waals surface area contributed by atoms with Gasteiger partial charge in [-0.2, -0.15) is 5.06 Å². The highest BCUT2D eigenvalue weighted by Gasteiger charge is 2.47. The maximum Gasteiger partial charge on any atom is 0.276 e. The molecule has 1 atom stereocenters. The Morgan fingerprint density at radius 1 is 0.854 bits per heavy atom. The van der Waals surface area contributed by atoms with Gasteiger partial charge in [0, 0.05) is 6.42 Å². The number of hydrogen-bond donors (Lipinski definition) is 0. The molecule has 224 valence electrons. The van der Waals surface area contributed by atoms with Crippen molar-refractivity contribution in [3.05, 3.63) is 83.4 Å². The summed E-state index contributed by atoms with van der Waals surface area (Å²) in [7, 11) is 0. The summed E-state index contributed by atoms with van der Waals surface area (Å²) in [6.07, 6.45) is 6.00. The molecule has 0 bridgehead atoms. The Kier molecular flexibility index (Phi) is 18.9. The van der Waals surface area contributed by atoms with Crippen molar-refractivity contribution in [3.8, 4) is 0 Å². The Hall–Kier alpha value is -3.91. The molecule has 0 radical (unpaired) electrons. The van der Waals surface area contributed by atoms with E-state index in [1.54, 1.807) is 42.5 Å². The highest BCUT2D eigenvalue weighted by Crippen LogP contribution is 2.29. The molecule has 0 saturated carbocycles. The van der Waals surface area contributed by atoms with Gasteiger partial charge in [-0.1, -0.05) is 103 Å². The first-order chi connectivity index (χ1) is 19.8.